The summed E-state index contributed by atoms with van der Waals surface area (Å²) in [5.74, 6) is 0. The molecule has 1 aromatic carbocycles. The number of ether oxygens (including phenoxy) is 1. The summed E-state index contributed by atoms with van der Waals surface area (Å²) in [5, 5.41) is 7.34. The third-order valence-electron chi connectivity index (χ3n) is 3.98. The van der Waals surface area contributed by atoms with Crippen LogP contribution >= 0.6 is 11.6 Å². The van der Waals surface area contributed by atoms with Crippen molar-refractivity contribution in [2.24, 2.45) is 0 Å². The van der Waals surface area contributed by atoms with Gasteiger partial charge in [0.1, 0.15) is 5.60 Å². The smallest absolute Gasteiger partial charge is 0.407 e. The number of amides is 1. The molecule has 1 aromatic rings. The number of halogens is 1. The second-order valence-corrected chi connectivity index (χ2v) is 7.63. The molecule has 1 saturated carbocycles. The first kappa shape index (κ1) is 18.1. The van der Waals surface area contributed by atoms with Gasteiger partial charge in [-0.1, -0.05) is 30.7 Å². The van der Waals surface area contributed by atoms with Crippen LogP contribution < -0.4 is 10.6 Å². The van der Waals surface area contributed by atoms with Gasteiger partial charge in [-0.2, -0.15) is 0 Å². The van der Waals surface area contributed by atoms with Crippen LogP contribution in [0.5, 0.6) is 0 Å². The van der Waals surface area contributed by atoms with Gasteiger partial charge >= 0.3 is 6.09 Å². The molecule has 23 heavy (non-hydrogen) atoms. The Labute approximate surface area is 143 Å². The Kier molecular flexibility index (Phi) is 5.93. The standard InChI is InChI=1S/C18H27ClN2O2/c1-5-16(12-6-8-13(19)9-7-12)20-14-10-15(11-14)21-17(22)23-18(2,3)4/h6-9,14-16,20H,5,10-11H2,1-4H3,(H,21,22). The Morgan fingerprint density at radius 1 is 1.26 bits per heavy atom. The van der Waals surface area contributed by atoms with Crippen LogP contribution in [0.15, 0.2) is 24.3 Å². The normalized spacial score (nSPS) is 22.1. The quantitative estimate of drug-likeness (QED) is 0.834. The van der Waals surface area contributed by atoms with E-state index in [1.807, 2.05) is 32.9 Å². The highest BCUT2D eigenvalue weighted by atomic mass is 35.5. The van der Waals surface area contributed by atoms with Gasteiger partial charge in [-0.25, -0.2) is 4.79 Å². The molecule has 0 aliphatic heterocycles. The summed E-state index contributed by atoms with van der Waals surface area (Å²) in [4.78, 5) is 11.7. The average molecular weight is 339 g/mol. The molecule has 1 amide bonds. The Hall–Kier alpha value is -1.26. The van der Waals surface area contributed by atoms with Crippen molar-refractivity contribution in [3.8, 4) is 0 Å². The molecule has 2 rings (SSSR count). The summed E-state index contributed by atoms with van der Waals surface area (Å²) in [6.45, 7) is 7.78. The predicted molar refractivity (Wildman–Crippen MR) is 93.8 cm³/mol. The topological polar surface area (TPSA) is 50.4 Å². The molecule has 0 radical (unpaired) electrons. The lowest BCUT2D eigenvalue weighted by Gasteiger charge is -2.39. The number of alkyl carbamates (subject to hydrolysis) is 1. The highest BCUT2D eigenvalue weighted by molar-refractivity contribution is 6.30. The Morgan fingerprint density at radius 2 is 1.87 bits per heavy atom. The number of nitrogens with one attached hydrogen (secondary N) is 2. The lowest BCUT2D eigenvalue weighted by molar-refractivity contribution is 0.0462. The van der Waals surface area contributed by atoms with E-state index in [1.165, 1.54) is 5.56 Å². The van der Waals surface area contributed by atoms with Crippen molar-refractivity contribution >= 4 is 17.7 Å². The van der Waals surface area contributed by atoms with E-state index in [0.717, 1.165) is 24.3 Å². The molecule has 0 spiro atoms. The zero-order valence-electron chi connectivity index (χ0n) is 14.4. The Morgan fingerprint density at radius 3 is 2.39 bits per heavy atom. The summed E-state index contributed by atoms with van der Waals surface area (Å²) in [7, 11) is 0. The van der Waals surface area contributed by atoms with E-state index in [-0.39, 0.29) is 12.1 Å². The third kappa shape index (κ3) is 5.70. The number of benzene rings is 1. The first-order valence-electron chi connectivity index (χ1n) is 8.28. The zero-order valence-corrected chi connectivity index (χ0v) is 15.1. The molecule has 128 valence electrons. The van der Waals surface area contributed by atoms with Crippen LogP contribution in [0.1, 0.15) is 58.6 Å². The molecule has 1 aliphatic carbocycles. The molecule has 4 nitrogen and oxygen atoms in total. The van der Waals surface area contributed by atoms with E-state index >= 15 is 0 Å². The first-order valence-corrected chi connectivity index (χ1v) is 8.65. The molecule has 0 heterocycles. The number of rotatable bonds is 5. The van der Waals surface area contributed by atoms with Gasteiger partial charge in [-0.05, 0) is 57.7 Å². The fourth-order valence-corrected chi connectivity index (χ4v) is 2.90. The van der Waals surface area contributed by atoms with Crippen LogP contribution in [-0.2, 0) is 4.74 Å². The number of carbonyl (C=O) groups is 1. The molecule has 1 fully saturated rings. The van der Waals surface area contributed by atoms with Gasteiger partial charge in [-0.3, -0.25) is 0 Å². The fraction of sp³-hybridized carbons (Fsp3) is 0.611. The molecular weight excluding hydrogens is 312 g/mol. The second-order valence-electron chi connectivity index (χ2n) is 7.19. The van der Waals surface area contributed by atoms with Crippen molar-refractivity contribution in [2.45, 2.75) is 70.7 Å². The maximum atomic E-state index is 11.7. The van der Waals surface area contributed by atoms with Gasteiger partial charge in [0.25, 0.3) is 0 Å². The van der Waals surface area contributed by atoms with E-state index in [0.29, 0.717) is 12.1 Å². The predicted octanol–water partition coefficient (Wildman–Crippen LogP) is 4.44. The van der Waals surface area contributed by atoms with Gasteiger partial charge in [0.2, 0.25) is 0 Å². The summed E-state index contributed by atoms with van der Waals surface area (Å²) in [6, 6.07) is 8.93. The summed E-state index contributed by atoms with van der Waals surface area (Å²) >= 11 is 5.94. The van der Waals surface area contributed by atoms with E-state index in [1.54, 1.807) is 0 Å². The largest absolute Gasteiger partial charge is 0.444 e. The minimum absolute atomic E-state index is 0.199. The third-order valence-corrected chi connectivity index (χ3v) is 4.23. The Bertz CT molecular complexity index is 519. The van der Waals surface area contributed by atoms with Crippen LogP contribution in [0.2, 0.25) is 5.02 Å². The molecule has 5 heteroatoms. The minimum Gasteiger partial charge on any atom is -0.444 e. The van der Waals surface area contributed by atoms with E-state index in [4.69, 9.17) is 16.3 Å². The van der Waals surface area contributed by atoms with Crippen molar-refractivity contribution < 1.29 is 9.53 Å². The van der Waals surface area contributed by atoms with Crippen molar-refractivity contribution in [1.82, 2.24) is 10.6 Å². The molecule has 2 N–H and O–H groups in total. The molecular formula is C18H27ClN2O2. The van der Waals surface area contributed by atoms with Gasteiger partial charge in [0.05, 0.1) is 0 Å². The Balaban J connectivity index is 1.76. The maximum Gasteiger partial charge on any atom is 0.407 e. The van der Waals surface area contributed by atoms with Crippen LogP contribution in [-0.4, -0.2) is 23.8 Å². The molecule has 1 aliphatic rings. The van der Waals surface area contributed by atoms with Crippen LogP contribution in [0.25, 0.3) is 0 Å². The van der Waals surface area contributed by atoms with E-state index in [9.17, 15) is 4.79 Å². The maximum absolute atomic E-state index is 11.7. The number of hydrogen-bond acceptors (Lipinski definition) is 3. The van der Waals surface area contributed by atoms with Gasteiger partial charge < -0.3 is 15.4 Å². The van der Waals surface area contributed by atoms with Gasteiger partial charge in [0.15, 0.2) is 0 Å². The zero-order chi connectivity index (χ0) is 17.0. The second kappa shape index (κ2) is 7.54. The lowest BCUT2D eigenvalue weighted by Crippen LogP contribution is -2.53. The first-order chi connectivity index (χ1) is 10.8. The number of carbonyl (C=O) groups excluding carboxylic acids is 1. The van der Waals surface area contributed by atoms with Gasteiger partial charge in [-0.15, -0.1) is 0 Å². The summed E-state index contributed by atoms with van der Waals surface area (Å²) in [6.07, 6.45) is 2.56. The number of hydrogen-bond donors (Lipinski definition) is 2. The SMILES string of the molecule is CCC(NC1CC(NC(=O)OC(C)(C)C)C1)c1ccc(Cl)cc1. The molecule has 0 bridgehead atoms. The highest BCUT2D eigenvalue weighted by Gasteiger charge is 2.32. The van der Waals surface area contributed by atoms with Crippen molar-refractivity contribution in [2.75, 3.05) is 0 Å². The average Bonchev–Trinajstić information content (AvgIpc) is 2.40. The van der Waals surface area contributed by atoms with Crippen LogP contribution in [0.3, 0.4) is 0 Å². The molecule has 0 saturated heterocycles. The van der Waals surface area contributed by atoms with Crippen molar-refractivity contribution in [1.29, 1.82) is 0 Å². The van der Waals surface area contributed by atoms with E-state index < -0.39 is 5.60 Å². The summed E-state index contributed by atoms with van der Waals surface area (Å²) in [5.41, 5.74) is 0.799. The highest BCUT2D eigenvalue weighted by Crippen LogP contribution is 2.26. The molecule has 1 unspecified atom stereocenters. The summed E-state index contributed by atoms with van der Waals surface area (Å²) < 4.78 is 5.28. The van der Waals surface area contributed by atoms with Crippen molar-refractivity contribution in [3.05, 3.63) is 34.9 Å². The van der Waals surface area contributed by atoms with E-state index in [2.05, 4.69) is 29.7 Å². The van der Waals surface area contributed by atoms with Crippen molar-refractivity contribution in [3.63, 3.8) is 0 Å². The van der Waals surface area contributed by atoms with Crippen LogP contribution in [0.4, 0.5) is 4.79 Å². The minimum atomic E-state index is -0.451. The molecule has 1 atom stereocenters. The fourth-order valence-electron chi connectivity index (χ4n) is 2.78. The van der Waals surface area contributed by atoms with Gasteiger partial charge in [0, 0.05) is 23.1 Å². The molecule has 0 aromatic heterocycles. The monoisotopic (exact) mass is 338 g/mol. The van der Waals surface area contributed by atoms with Crippen LogP contribution in [0, 0.1) is 0 Å². The lowest BCUT2D eigenvalue weighted by atomic mass is 9.85.